The van der Waals surface area contributed by atoms with Gasteiger partial charge in [-0.15, -0.1) is 0 Å². The molecule has 2 nitrogen and oxygen atoms in total. The summed E-state index contributed by atoms with van der Waals surface area (Å²) in [6.45, 7) is 4.16. The molecule has 1 aromatic carbocycles. The van der Waals surface area contributed by atoms with Crippen LogP contribution in [0.3, 0.4) is 0 Å². The maximum Gasteiger partial charge on any atom is 0.227 e. The van der Waals surface area contributed by atoms with Gasteiger partial charge in [-0.1, -0.05) is 49.9 Å². The van der Waals surface area contributed by atoms with Crippen LogP contribution in [-0.4, -0.2) is 5.91 Å². The minimum absolute atomic E-state index is 0.0456. The number of benzene rings is 1. The molecule has 1 N–H and O–H groups in total. The van der Waals surface area contributed by atoms with Crippen LogP contribution in [0.15, 0.2) is 18.2 Å². The van der Waals surface area contributed by atoms with Gasteiger partial charge in [-0.05, 0) is 31.0 Å². The Morgan fingerprint density at radius 1 is 1.22 bits per heavy atom. The predicted octanol–water partition coefficient (Wildman–Crippen LogP) is 5.15. The van der Waals surface area contributed by atoms with Crippen molar-refractivity contribution < 1.29 is 4.79 Å². The maximum absolute atomic E-state index is 12.1. The quantitative estimate of drug-likeness (QED) is 0.770. The van der Waals surface area contributed by atoms with Gasteiger partial charge in [0.25, 0.3) is 0 Å². The first kappa shape index (κ1) is 15.3. The van der Waals surface area contributed by atoms with Gasteiger partial charge >= 0.3 is 0 Å². The molecule has 0 saturated heterocycles. The Bertz CT molecular complexity index is 387. The minimum Gasteiger partial charge on any atom is -0.326 e. The zero-order valence-corrected chi connectivity index (χ0v) is 12.3. The molecule has 0 heterocycles. The van der Waals surface area contributed by atoms with E-state index in [-0.39, 0.29) is 11.8 Å². The molecule has 18 heavy (non-hydrogen) atoms. The average molecular weight is 288 g/mol. The highest BCUT2D eigenvalue weighted by molar-refractivity contribution is 6.35. The lowest BCUT2D eigenvalue weighted by Crippen LogP contribution is -2.22. The van der Waals surface area contributed by atoms with Crippen LogP contribution in [0.4, 0.5) is 5.69 Å². The molecule has 1 amide bonds. The predicted molar refractivity (Wildman–Crippen MR) is 78.4 cm³/mol. The summed E-state index contributed by atoms with van der Waals surface area (Å²) in [6.07, 6.45) is 3.95. The van der Waals surface area contributed by atoms with Crippen molar-refractivity contribution in [3.63, 3.8) is 0 Å². The maximum atomic E-state index is 12.1. The largest absolute Gasteiger partial charge is 0.326 e. The van der Waals surface area contributed by atoms with Crippen molar-refractivity contribution in [2.75, 3.05) is 5.32 Å². The third-order valence-electron chi connectivity index (χ3n) is 2.90. The van der Waals surface area contributed by atoms with E-state index in [2.05, 4.69) is 12.2 Å². The van der Waals surface area contributed by atoms with Crippen molar-refractivity contribution in [3.8, 4) is 0 Å². The fourth-order valence-electron chi connectivity index (χ4n) is 1.84. The molecule has 0 aromatic heterocycles. The Morgan fingerprint density at radius 2 is 1.83 bits per heavy atom. The number of amides is 1. The van der Waals surface area contributed by atoms with Gasteiger partial charge in [-0.2, -0.15) is 0 Å². The van der Waals surface area contributed by atoms with E-state index in [0.717, 1.165) is 25.7 Å². The van der Waals surface area contributed by atoms with Crippen LogP contribution in [0.25, 0.3) is 0 Å². The van der Waals surface area contributed by atoms with Gasteiger partial charge in [0, 0.05) is 21.7 Å². The molecule has 0 bridgehead atoms. The first-order valence-corrected chi connectivity index (χ1v) is 7.09. The van der Waals surface area contributed by atoms with Crippen LogP contribution in [0, 0.1) is 5.92 Å². The number of hydrogen-bond acceptors (Lipinski definition) is 1. The molecule has 0 aliphatic heterocycles. The van der Waals surface area contributed by atoms with E-state index < -0.39 is 0 Å². The summed E-state index contributed by atoms with van der Waals surface area (Å²) in [7, 11) is 0. The van der Waals surface area contributed by atoms with Gasteiger partial charge in [-0.25, -0.2) is 0 Å². The SMILES string of the molecule is CCCCC(CC)C(=O)Nc1cc(Cl)cc(Cl)c1. The molecule has 0 fully saturated rings. The highest BCUT2D eigenvalue weighted by Gasteiger charge is 2.16. The zero-order valence-electron chi connectivity index (χ0n) is 10.8. The lowest BCUT2D eigenvalue weighted by Gasteiger charge is -2.14. The van der Waals surface area contributed by atoms with Crippen LogP contribution in [0.5, 0.6) is 0 Å². The molecule has 4 heteroatoms. The average Bonchev–Trinajstić information content (AvgIpc) is 2.28. The molecular weight excluding hydrogens is 269 g/mol. The van der Waals surface area contributed by atoms with Crippen molar-refractivity contribution in [1.82, 2.24) is 0 Å². The lowest BCUT2D eigenvalue weighted by molar-refractivity contribution is -0.120. The van der Waals surface area contributed by atoms with E-state index in [1.54, 1.807) is 18.2 Å². The van der Waals surface area contributed by atoms with Crippen molar-refractivity contribution in [1.29, 1.82) is 0 Å². The normalized spacial score (nSPS) is 12.2. The lowest BCUT2D eigenvalue weighted by atomic mass is 9.98. The molecule has 100 valence electrons. The standard InChI is InChI=1S/C14H19Cl2NO/c1-3-5-6-10(4-2)14(18)17-13-8-11(15)7-12(16)9-13/h7-10H,3-6H2,1-2H3,(H,17,18). The molecule has 1 aromatic rings. The molecular formula is C14H19Cl2NO. The Labute approximate surface area is 119 Å². The summed E-state index contributed by atoms with van der Waals surface area (Å²) in [5.74, 6) is 0.104. The highest BCUT2D eigenvalue weighted by atomic mass is 35.5. The minimum atomic E-state index is 0.0456. The Hall–Kier alpha value is -0.730. The summed E-state index contributed by atoms with van der Waals surface area (Å²) < 4.78 is 0. The van der Waals surface area contributed by atoms with Gasteiger partial charge in [0.05, 0.1) is 0 Å². The van der Waals surface area contributed by atoms with Gasteiger partial charge < -0.3 is 5.32 Å². The smallest absolute Gasteiger partial charge is 0.227 e. The zero-order chi connectivity index (χ0) is 13.5. The second-order valence-corrected chi connectivity index (χ2v) is 5.27. The van der Waals surface area contributed by atoms with Crippen LogP contribution in [0.1, 0.15) is 39.5 Å². The fourth-order valence-corrected chi connectivity index (χ4v) is 2.37. The molecule has 0 saturated carbocycles. The number of nitrogens with one attached hydrogen (secondary N) is 1. The number of unbranched alkanes of at least 4 members (excludes halogenated alkanes) is 1. The van der Waals surface area contributed by atoms with Gasteiger partial charge in [0.15, 0.2) is 0 Å². The van der Waals surface area contributed by atoms with Crippen molar-refractivity contribution in [2.24, 2.45) is 5.92 Å². The second kappa shape index (κ2) is 7.65. The van der Waals surface area contributed by atoms with Crippen molar-refractivity contribution in [2.45, 2.75) is 39.5 Å². The van der Waals surface area contributed by atoms with Gasteiger partial charge in [-0.3, -0.25) is 4.79 Å². The number of hydrogen-bond donors (Lipinski definition) is 1. The molecule has 1 unspecified atom stereocenters. The summed E-state index contributed by atoms with van der Waals surface area (Å²) in [5.41, 5.74) is 0.660. The number of halogens is 2. The Morgan fingerprint density at radius 3 is 2.33 bits per heavy atom. The number of anilines is 1. The van der Waals surface area contributed by atoms with E-state index in [0.29, 0.717) is 15.7 Å². The van der Waals surface area contributed by atoms with Gasteiger partial charge in [0.2, 0.25) is 5.91 Å². The van der Waals surface area contributed by atoms with Gasteiger partial charge in [0.1, 0.15) is 0 Å². The highest BCUT2D eigenvalue weighted by Crippen LogP contribution is 2.23. The van der Waals surface area contributed by atoms with Crippen LogP contribution in [0.2, 0.25) is 10.0 Å². The molecule has 0 aliphatic carbocycles. The third-order valence-corrected chi connectivity index (χ3v) is 3.34. The van der Waals surface area contributed by atoms with Crippen molar-refractivity contribution >= 4 is 34.8 Å². The summed E-state index contributed by atoms with van der Waals surface area (Å²) in [4.78, 5) is 12.1. The van der Waals surface area contributed by atoms with E-state index in [1.165, 1.54) is 0 Å². The molecule has 1 rings (SSSR count). The first-order chi connectivity index (χ1) is 8.56. The van der Waals surface area contributed by atoms with Crippen LogP contribution < -0.4 is 5.32 Å². The Balaban J connectivity index is 2.67. The third kappa shape index (κ3) is 4.87. The Kier molecular flexibility index (Phi) is 6.51. The monoisotopic (exact) mass is 287 g/mol. The summed E-state index contributed by atoms with van der Waals surface area (Å²) in [5, 5.41) is 3.93. The topological polar surface area (TPSA) is 29.1 Å². The molecule has 0 aliphatic rings. The molecule has 0 spiro atoms. The van der Waals surface area contributed by atoms with Crippen LogP contribution in [-0.2, 0) is 4.79 Å². The summed E-state index contributed by atoms with van der Waals surface area (Å²) in [6, 6.07) is 5.06. The fraction of sp³-hybridized carbons (Fsp3) is 0.500. The molecule has 1 atom stereocenters. The first-order valence-electron chi connectivity index (χ1n) is 6.33. The van der Waals surface area contributed by atoms with E-state index in [4.69, 9.17) is 23.2 Å². The van der Waals surface area contributed by atoms with Crippen molar-refractivity contribution in [3.05, 3.63) is 28.2 Å². The molecule has 0 radical (unpaired) electrons. The van der Waals surface area contributed by atoms with Crippen LogP contribution >= 0.6 is 23.2 Å². The number of carbonyl (C=O) groups is 1. The van der Waals surface area contributed by atoms with E-state index >= 15 is 0 Å². The van der Waals surface area contributed by atoms with E-state index in [9.17, 15) is 4.79 Å². The number of carbonyl (C=O) groups excluding carboxylic acids is 1. The second-order valence-electron chi connectivity index (χ2n) is 4.39. The van der Waals surface area contributed by atoms with E-state index in [1.807, 2.05) is 6.92 Å². The summed E-state index contributed by atoms with van der Waals surface area (Å²) >= 11 is 11.8. The number of rotatable bonds is 6.